The summed E-state index contributed by atoms with van der Waals surface area (Å²) in [6.45, 7) is 7.68. The van der Waals surface area contributed by atoms with Gasteiger partial charge in [-0.3, -0.25) is 9.88 Å². The van der Waals surface area contributed by atoms with Gasteiger partial charge < -0.3 is 5.32 Å². The molecule has 1 aliphatic rings. The van der Waals surface area contributed by atoms with Gasteiger partial charge in [-0.25, -0.2) is 0 Å². The predicted molar refractivity (Wildman–Crippen MR) is 80.0 cm³/mol. The van der Waals surface area contributed by atoms with Crippen LogP contribution < -0.4 is 5.32 Å². The Balaban J connectivity index is 1.62. The molecule has 0 bridgehead atoms. The maximum absolute atomic E-state index is 4.40. The second-order valence-electron chi connectivity index (χ2n) is 5.54. The first-order valence-corrected chi connectivity index (χ1v) is 7.71. The third-order valence-electron chi connectivity index (χ3n) is 4.07. The summed E-state index contributed by atoms with van der Waals surface area (Å²) in [6.07, 6.45) is 7.61. The van der Waals surface area contributed by atoms with Crippen molar-refractivity contribution in [2.45, 2.75) is 39.2 Å². The highest BCUT2D eigenvalue weighted by molar-refractivity contribution is 5.03. The van der Waals surface area contributed by atoms with Crippen molar-refractivity contribution in [3.05, 3.63) is 30.1 Å². The SMILES string of the molecule is CCN(CCNCC1CCCC1)Cc1ccccn1. The van der Waals surface area contributed by atoms with Crippen molar-refractivity contribution in [1.82, 2.24) is 15.2 Å². The first-order chi connectivity index (χ1) is 9.38. The number of nitrogens with zero attached hydrogens (tertiary/aromatic N) is 2. The van der Waals surface area contributed by atoms with Crippen LogP contribution in [0.25, 0.3) is 0 Å². The van der Waals surface area contributed by atoms with Crippen LogP contribution in [-0.2, 0) is 6.54 Å². The van der Waals surface area contributed by atoms with Crippen LogP contribution in [0.3, 0.4) is 0 Å². The molecule has 0 spiro atoms. The third kappa shape index (κ3) is 5.29. The average Bonchev–Trinajstić information content (AvgIpc) is 2.96. The van der Waals surface area contributed by atoms with Gasteiger partial charge in [-0.1, -0.05) is 25.8 Å². The van der Waals surface area contributed by atoms with E-state index in [4.69, 9.17) is 0 Å². The Morgan fingerprint density at radius 2 is 2.16 bits per heavy atom. The molecule has 1 aliphatic carbocycles. The molecule has 1 saturated carbocycles. The van der Waals surface area contributed by atoms with Gasteiger partial charge in [-0.15, -0.1) is 0 Å². The molecule has 0 saturated heterocycles. The lowest BCUT2D eigenvalue weighted by molar-refractivity contribution is 0.273. The van der Waals surface area contributed by atoms with Gasteiger partial charge in [-0.05, 0) is 44.0 Å². The van der Waals surface area contributed by atoms with E-state index < -0.39 is 0 Å². The van der Waals surface area contributed by atoms with Crippen LogP contribution >= 0.6 is 0 Å². The lowest BCUT2D eigenvalue weighted by Gasteiger charge is -2.20. The zero-order valence-corrected chi connectivity index (χ0v) is 12.1. The lowest BCUT2D eigenvalue weighted by atomic mass is 10.1. The Hall–Kier alpha value is -0.930. The highest BCUT2D eigenvalue weighted by Crippen LogP contribution is 2.23. The molecular weight excluding hydrogens is 234 g/mol. The molecule has 1 fully saturated rings. The molecule has 0 radical (unpaired) electrons. The van der Waals surface area contributed by atoms with Crippen LogP contribution in [0.5, 0.6) is 0 Å². The number of nitrogens with one attached hydrogen (secondary N) is 1. The number of aromatic nitrogens is 1. The molecular formula is C16H27N3. The molecule has 106 valence electrons. The molecule has 0 aromatic carbocycles. The van der Waals surface area contributed by atoms with E-state index in [9.17, 15) is 0 Å². The van der Waals surface area contributed by atoms with Crippen LogP contribution in [0, 0.1) is 5.92 Å². The Bertz CT molecular complexity index is 333. The van der Waals surface area contributed by atoms with Crippen molar-refractivity contribution in [2.24, 2.45) is 5.92 Å². The first kappa shape index (κ1) is 14.5. The van der Waals surface area contributed by atoms with E-state index >= 15 is 0 Å². The van der Waals surface area contributed by atoms with Crippen molar-refractivity contribution in [3.8, 4) is 0 Å². The second kappa shape index (κ2) is 8.28. The molecule has 0 atom stereocenters. The maximum Gasteiger partial charge on any atom is 0.0543 e. The monoisotopic (exact) mass is 261 g/mol. The van der Waals surface area contributed by atoms with E-state index in [0.717, 1.165) is 32.1 Å². The summed E-state index contributed by atoms with van der Waals surface area (Å²) in [5.74, 6) is 0.936. The van der Waals surface area contributed by atoms with Crippen molar-refractivity contribution in [2.75, 3.05) is 26.2 Å². The van der Waals surface area contributed by atoms with E-state index in [-0.39, 0.29) is 0 Å². The molecule has 2 rings (SSSR count). The fraction of sp³-hybridized carbons (Fsp3) is 0.688. The number of likely N-dealkylation sites (N-methyl/N-ethyl adjacent to an activating group) is 1. The zero-order valence-electron chi connectivity index (χ0n) is 12.1. The molecule has 3 nitrogen and oxygen atoms in total. The maximum atomic E-state index is 4.40. The second-order valence-corrected chi connectivity index (χ2v) is 5.54. The van der Waals surface area contributed by atoms with Crippen LogP contribution in [0.2, 0.25) is 0 Å². The van der Waals surface area contributed by atoms with E-state index in [0.29, 0.717) is 0 Å². The fourth-order valence-electron chi connectivity index (χ4n) is 2.83. The first-order valence-electron chi connectivity index (χ1n) is 7.71. The smallest absolute Gasteiger partial charge is 0.0543 e. The number of hydrogen-bond donors (Lipinski definition) is 1. The molecule has 1 heterocycles. The largest absolute Gasteiger partial charge is 0.315 e. The molecule has 0 amide bonds. The fourth-order valence-corrected chi connectivity index (χ4v) is 2.83. The van der Waals surface area contributed by atoms with Crippen LogP contribution in [0.1, 0.15) is 38.3 Å². The van der Waals surface area contributed by atoms with E-state index in [1.807, 2.05) is 12.3 Å². The molecule has 1 N–H and O–H groups in total. The minimum atomic E-state index is 0.936. The van der Waals surface area contributed by atoms with Crippen molar-refractivity contribution < 1.29 is 0 Å². The minimum Gasteiger partial charge on any atom is -0.315 e. The number of hydrogen-bond acceptors (Lipinski definition) is 3. The summed E-state index contributed by atoms with van der Waals surface area (Å²) in [4.78, 5) is 6.84. The third-order valence-corrected chi connectivity index (χ3v) is 4.07. The zero-order chi connectivity index (χ0) is 13.3. The predicted octanol–water partition coefficient (Wildman–Crippen LogP) is 2.68. The van der Waals surface area contributed by atoms with Gasteiger partial charge in [0.05, 0.1) is 5.69 Å². The van der Waals surface area contributed by atoms with Crippen molar-refractivity contribution in [3.63, 3.8) is 0 Å². The van der Waals surface area contributed by atoms with Gasteiger partial charge in [0.1, 0.15) is 0 Å². The Morgan fingerprint density at radius 3 is 2.84 bits per heavy atom. The average molecular weight is 261 g/mol. The highest BCUT2D eigenvalue weighted by Gasteiger charge is 2.14. The van der Waals surface area contributed by atoms with E-state index in [2.05, 4.69) is 34.3 Å². The Kier molecular flexibility index (Phi) is 6.31. The van der Waals surface area contributed by atoms with Gasteiger partial charge in [0.2, 0.25) is 0 Å². The number of rotatable bonds is 8. The molecule has 1 aromatic heterocycles. The Labute approximate surface area is 117 Å². The summed E-state index contributed by atoms with van der Waals surface area (Å²) >= 11 is 0. The molecule has 19 heavy (non-hydrogen) atoms. The summed E-state index contributed by atoms with van der Waals surface area (Å²) < 4.78 is 0. The Morgan fingerprint density at radius 1 is 1.32 bits per heavy atom. The molecule has 0 aliphatic heterocycles. The lowest BCUT2D eigenvalue weighted by Crippen LogP contribution is -2.33. The van der Waals surface area contributed by atoms with Gasteiger partial charge in [0.15, 0.2) is 0 Å². The van der Waals surface area contributed by atoms with Crippen molar-refractivity contribution in [1.29, 1.82) is 0 Å². The van der Waals surface area contributed by atoms with Crippen LogP contribution in [0.15, 0.2) is 24.4 Å². The summed E-state index contributed by atoms with van der Waals surface area (Å²) in [6, 6.07) is 6.14. The summed E-state index contributed by atoms with van der Waals surface area (Å²) in [5, 5.41) is 3.62. The molecule has 1 aromatic rings. The van der Waals surface area contributed by atoms with Crippen LogP contribution in [0.4, 0.5) is 0 Å². The quantitative estimate of drug-likeness (QED) is 0.729. The summed E-state index contributed by atoms with van der Waals surface area (Å²) in [7, 11) is 0. The normalized spacial score (nSPS) is 16.3. The minimum absolute atomic E-state index is 0.936. The molecule has 3 heteroatoms. The van der Waals surface area contributed by atoms with Gasteiger partial charge >= 0.3 is 0 Å². The van der Waals surface area contributed by atoms with Gasteiger partial charge in [0.25, 0.3) is 0 Å². The van der Waals surface area contributed by atoms with Gasteiger partial charge in [-0.2, -0.15) is 0 Å². The topological polar surface area (TPSA) is 28.2 Å². The van der Waals surface area contributed by atoms with E-state index in [1.165, 1.54) is 37.9 Å². The van der Waals surface area contributed by atoms with Crippen LogP contribution in [-0.4, -0.2) is 36.1 Å². The summed E-state index contributed by atoms with van der Waals surface area (Å²) in [5.41, 5.74) is 1.17. The highest BCUT2D eigenvalue weighted by atomic mass is 15.1. The van der Waals surface area contributed by atoms with E-state index in [1.54, 1.807) is 0 Å². The molecule has 0 unspecified atom stereocenters. The van der Waals surface area contributed by atoms with Crippen molar-refractivity contribution >= 4 is 0 Å². The number of pyridine rings is 1. The van der Waals surface area contributed by atoms with Gasteiger partial charge in [0, 0.05) is 25.8 Å². The standard InChI is InChI=1S/C16H27N3/c1-2-19(14-16-9-5-6-10-18-16)12-11-17-13-15-7-3-4-8-15/h5-6,9-10,15,17H,2-4,7-8,11-14H2,1H3.